The molecule has 5 atom stereocenters. The normalized spacial score (nSPS) is 32.8. The number of likely N-dealkylation sites (tertiary alicyclic amines) is 2. The van der Waals surface area contributed by atoms with E-state index < -0.39 is 42.5 Å². The van der Waals surface area contributed by atoms with Crippen molar-refractivity contribution in [2.75, 3.05) is 13.2 Å². The molecule has 2 unspecified atom stereocenters. The summed E-state index contributed by atoms with van der Waals surface area (Å²) in [6.45, 7) is 6.05. The summed E-state index contributed by atoms with van der Waals surface area (Å²) in [5.41, 5.74) is 2.72. The Bertz CT molecular complexity index is 1040. The maximum absolute atomic E-state index is 13.1. The Balaban J connectivity index is 1.35. The standard InChI is InChI=1S/C26H30N2O7/c1-3-19-21(29)22(30)20(28-24(32)17-10-6-7-11-18(17)25(28)33)26(35-19)34-13-12-27-14(2)15-8-4-5-9-16(15)23(27)31/h8-11,19-22,26,29-30H,2-7,12-13H2,1H3/t19?,20?,21-,22+,26+/m0/s1. The molecule has 5 rings (SSSR count). The van der Waals surface area contributed by atoms with Crippen molar-refractivity contribution in [2.24, 2.45) is 0 Å². The number of allylic oxidation sites excluding steroid dienone is 5. The number of aliphatic hydroxyl groups is 2. The fourth-order valence-electron chi connectivity index (χ4n) is 5.43. The number of aliphatic hydroxyl groups excluding tert-OH is 2. The van der Waals surface area contributed by atoms with Crippen LogP contribution >= 0.6 is 0 Å². The Hall–Kier alpha value is -2.85. The summed E-state index contributed by atoms with van der Waals surface area (Å²) in [7, 11) is 0. The van der Waals surface area contributed by atoms with Crippen LogP contribution in [0.15, 0.2) is 58.9 Å². The zero-order chi connectivity index (χ0) is 24.9. The molecule has 0 aromatic heterocycles. The van der Waals surface area contributed by atoms with E-state index in [0.29, 0.717) is 41.7 Å². The lowest BCUT2D eigenvalue weighted by atomic mass is 9.94. The van der Waals surface area contributed by atoms with Gasteiger partial charge in [-0.2, -0.15) is 0 Å². The quantitative estimate of drug-likeness (QED) is 0.547. The molecule has 2 aliphatic carbocycles. The summed E-state index contributed by atoms with van der Waals surface area (Å²) in [6.07, 6.45) is 6.09. The van der Waals surface area contributed by atoms with E-state index in [9.17, 15) is 24.6 Å². The van der Waals surface area contributed by atoms with Crippen molar-refractivity contribution in [2.45, 2.75) is 69.7 Å². The van der Waals surface area contributed by atoms with Gasteiger partial charge in [-0.1, -0.05) is 37.8 Å². The molecular formula is C26H30N2O7. The van der Waals surface area contributed by atoms with Gasteiger partial charge in [0.05, 0.1) is 12.7 Å². The fourth-order valence-corrected chi connectivity index (χ4v) is 5.43. The monoisotopic (exact) mass is 482 g/mol. The Morgan fingerprint density at radius 1 is 0.914 bits per heavy atom. The van der Waals surface area contributed by atoms with Gasteiger partial charge in [0.25, 0.3) is 17.7 Å². The first-order chi connectivity index (χ1) is 16.8. The molecule has 0 bridgehead atoms. The Morgan fingerprint density at radius 2 is 1.46 bits per heavy atom. The molecule has 186 valence electrons. The summed E-state index contributed by atoms with van der Waals surface area (Å²) in [5, 5.41) is 21.6. The van der Waals surface area contributed by atoms with Crippen LogP contribution in [0.25, 0.3) is 0 Å². The van der Waals surface area contributed by atoms with Crippen molar-refractivity contribution in [3.63, 3.8) is 0 Å². The van der Waals surface area contributed by atoms with Gasteiger partial charge in [-0.05, 0) is 32.1 Å². The average molecular weight is 483 g/mol. The second-order valence-electron chi connectivity index (χ2n) is 9.30. The molecule has 0 aromatic rings. The molecule has 35 heavy (non-hydrogen) atoms. The molecule has 0 radical (unpaired) electrons. The van der Waals surface area contributed by atoms with Crippen molar-refractivity contribution in [1.82, 2.24) is 9.80 Å². The number of nitrogens with zero attached hydrogens (tertiary/aromatic N) is 2. The number of amides is 3. The van der Waals surface area contributed by atoms with Gasteiger partial charge in [0.2, 0.25) is 0 Å². The third kappa shape index (κ3) is 3.83. The molecule has 3 amide bonds. The second-order valence-corrected chi connectivity index (χ2v) is 9.30. The predicted molar refractivity (Wildman–Crippen MR) is 124 cm³/mol. The molecule has 3 fully saturated rings. The van der Waals surface area contributed by atoms with Gasteiger partial charge in [-0.3, -0.25) is 19.3 Å². The SMILES string of the molecule is C=C1C2=CCCC=C2C(=O)N1CCO[C@@H]1OC(CC)[C@H](O)[C@H](O)C1N1C(=O)C2=CCCC=C2C1=O. The predicted octanol–water partition coefficient (Wildman–Crippen LogP) is 1.25. The van der Waals surface area contributed by atoms with E-state index >= 15 is 0 Å². The average Bonchev–Trinajstić information content (AvgIpc) is 3.27. The van der Waals surface area contributed by atoms with Crippen molar-refractivity contribution < 1.29 is 34.1 Å². The molecule has 9 heteroatoms. The zero-order valence-electron chi connectivity index (χ0n) is 19.7. The first-order valence-electron chi connectivity index (χ1n) is 12.2. The van der Waals surface area contributed by atoms with Crippen LogP contribution in [0.3, 0.4) is 0 Å². The van der Waals surface area contributed by atoms with E-state index in [0.717, 1.165) is 23.3 Å². The topological polar surface area (TPSA) is 117 Å². The van der Waals surface area contributed by atoms with E-state index in [1.54, 1.807) is 24.0 Å². The van der Waals surface area contributed by atoms with Gasteiger partial charge in [0, 0.05) is 34.5 Å². The third-order valence-corrected chi connectivity index (χ3v) is 7.28. The lowest BCUT2D eigenvalue weighted by Gasteiger charge is -2.45. The number of imide groups is 1. The number of rotatable bonds is 6. The molecule has 5 aliphatic rings. The minimum atomic E-state index is -1.45. The number of hydrogen-bond donors (Lipinski definition) is 2. The minimum absolute atomic E-state index is 0.0212. The van der Waals surface area contributed by atoms with Crippen LogP contribution in [0.2, 0.25) is 0 Å². The van der Waals surface area contributed by atoms with E-state index in [1.165, 1.54) is 0 Å². The summed E-state index contributed by atoms with van der Waals surface area (Å²) >= 11 is 0. The summed E-state index contributed by atoms with van der Waals surface area (Å²) in [4.78, 5) is 41.6. The molecule has 0 aromatic carbocycles. The number of ether oxygens (including phenoxy) is 2. The molecule has 9 nitrogen and oxygen atoms in total. The zero-order valence-corrected chi connectivity index (χ0v) is 19.7. The van der Waals surface area contributed by atoms with Crippen LogP contribution in [-0.2, 0) is 23.9 Å². The minimum Gasteiger partial charge on any atom is -0.388 e. The highest BCUT2D eigenvalue weighted by Crippen LogP contribution is 2.37. The lowest BCUT2D eigenvalue weighted by molar-refractivity contribution is -0.277. The molecule has 0 saturated carbocycles. The molecule has 3 saturated heterocycles. The Kier molecular flexibility index (Phi) is 6.35. The van der Waals surface area contributed by atoms with E-state index in [4.69, 9.17) is 9.47 Å². The number of carbonyl (C=O) groups excluding carboxylic acids is 3. The van der Waals surface area contributed by atoms with Gasteiger partial charge in [-0.15, -0.1) is 0 Å². The van der Waals surface area contributed by atoms with Crippen LogP contribution < -0.4 is 0 Å². The van der Waals surface area contributed by atoms with Crippen LogP contribution in [0, 0.1) is 0 Å². The fraction of sp³-hybridized carbons (Fsp3) is 0.500. The van der Waals surface area contributed by atoms with Gasteiger partial charge < -0.3 is 24.6 Å². The van der Waals surface area contributed by atoms with Crippen molar-refractivity contribution in [3.8, 4) is 0 Å². The molecule has 2 N–H and O–H groups in total. The van der Waals surface area contributed by atoms with Crippen molar-refractivity contribution in [1.29, 1.82) is 0 Å². The maximum Gasteiger partial charge on any atom is 0.261 e. The first kappa shape index (κ1) is 23.9. The highest BCUT2D eigenvalue weighted by molar-refractivity contribution is 6.25. The Labute approximate surface area is 203 Å². The van der Waals surface area contributed by atoms with Crippen molar-refractivity contribution in [3.05, 3.63) is 58.9 Å². The smallest absolute Gasteiger partial charge is 0.261 e. The van der Waals surface area contributed by atoms with Gasteiger partial charge in [0.15, 0.2) is 6.29 Å². The van der Waals surface area contributed by atoms with Gasteiger partial charge in [-0.25, -0.2) is 0 Å². The largest absolute Gasteiger partial charge is 0.388 e. The summed E-state index contributed by atoms with van der Waals surface area (Å²) < 4.78 is 11.9. The van der Waals surface area contributed by atoms with E-state index in [-0.39, 0.29) is 19.1 Å². The lowest BCUT2D eigenvalue weighted by Crippen LogP contribution is -2.65. The summed E-state index contributed by atoms with van der Waals surface area (Å²) in [5.74, 6) is -1.20. The number of fused-ring (bicyclic) bond motifs is 2. The first-order valence-corrected chi connectivity index (χ1v) is 12.2. The second kappa shape index (κ2) is 9.31. The number of carbonyl (C=O) groups is 3. The maximum atomic E-state index is 13.1. The van der Waals surface area contributed by atoms with E-state index in [2.05, 4.69) is 6.58 Å². The highest BCUT2D eigenvalue weighted by Gasteiger charge is 2.54. The molecule has 0 spiro atoms. The molecular weight excluding hydrogens is 452 g/mol. The highest BCUT2D eigenvalue weighted by atomic mass is 16.7. The van der Waals surface area contributed by atoms with Crippen LogP contribution in [0.1, 0.15) is 39.0 Å². The van der Waals surface area contributed by atoms with Crippen molar-refractivity contribution >= 4 is 17.7 Å². The Morgan fingerprint density at radius 3 is 2.00 bits per heavy atom. The van der Waals surface area contributed by atoms with Gasteiger partial charge >= 0.3 is 0 Å². The third-order valence-electron chi connectivity index (χ3n) is 7.28. The van der Waals surface area contributed by atoms with Crippen LogP contribution in [0.5, 0.6) is 0 Å². The van der Waals surface area contributed by atoms with Crippen LogP contribution in [0.4, 0.5) is 0 Å². The summed E-state index contributed by atoms with van der Waals surface area (Å²) in [6, 6.07) is -1.23. The van der Waals surface area contributed by atoms with E-state index in [1.807, 2.05) is 12.2 Å². The van der Waals surface area contributed by atoms with Crippen LogP contribution in [-0.4, -0.2) is 81.5 Å². The molecule has 3 heterocycles. The number of hydrogen-bond acceptors (Lipinski definition) is 7. The van der Waals surface area contributed by atoms with Gasteiger partial charge in [0.1, 0.15) is 18.2 Å². The molecule has 3 aliphatic heterocycles.